The maximum Gasteiger partial charge on any atom is 0.194 e. The summed E-state index contributed by atoms with van der Waals surface area (Å²) in [6, 6.07) is 13.0. The molecule has 4 nitrogen and oxygen atoms in total. The predicted octanol–water partition coefficient (Wildman–Crippen LogP) is 7.00. The van der Waals surface area contributed by atoms with E-state index in [1.54, 1.807) is 23.5 Å². The summed E-state index contributed by atoms with van der Waals surface area (Å²) in [5.74, 6) is 1.56. The molecule has 0 saturated heterocycles. The minimum atomic E-state index is 0.0700. The number of carbonyl (C=O) groups is 1. The van der Waals surface area contributed by atoms with E-state index in [-0.39, 0.29) is 11.5 Å². The van der Waals surface area contributed by atoms with Crippen LogP contribution < -0.4 is 4.74 Å². The molecule has 3 aromatic rings. The topological polar surface area (TPSA) is 49.8 Å². The van der Waals surface area contributed by atoms with Crippen LogP contribution in [0.5, 0.6) is 11.5 Å². The number of benzene rings is 2. The molecule has 0 aliphatic heterocycles. The van der Waals surface area contributed by atoms with E-state index in [9.17, 15) is 9.90 Å². The van der Waals surface area contributed by atoms with Gasteiger partial charge in [0.15, 0.2) is 5.78 Å². The van der Waals surface area contributed by atoms with E-state index in [1.165, 1.54) is 24.1 Å². The first-order chi connectivity index (χ1) is 16.1. The maximum atomic E-state index is 13.7. The molecule has 176 valence electrons. The lowest BCUT2D eigenvalue weighted by Gasteiger charge is -2.21. The second-order valence-electron chi connectivity index (χ2n) is 8.94. The fraction of sp³-hybridized carbons (Fsp3) is 0.464. The Morgan fingerprint density at radius 3 is 2.48 bits per heavy atom. The third-order valence-electron chi connectivity index (χ3n) is 6.80. The lowest BCUT2D eigenvalue weighted by atomic mass is 9.85. The molecule has 1 saturated carbocycles. The number of hydrogen-bond donors (Lipinski definition) is 1. The Kier molecular flexibility index (Phi) is 8.05. The molecule has 1 fully saturated rings. The zero-order valence-electron chi connectivity index (χ0n) is 19.8. The smallest absolute Gasteiger partial charge is 0.194 e. The molecule has 0 atom stereocenters. The van der Waals surface area contributed by atoms with Gasteiger partial charge in [0.2, 0.25) is 0 Å². The summed E-state index contributed by atoms with van der Waals surface area (Å²) < 4.78 is 6.90. The van der Waals surface area contributed by atoms with Gasteiger partial charge < -0.3 is 14.7 Å². The Hall–Kier alpha value is -2.37. The highest BCUT2D eigenvalue weighted by Crippen LogP contribution is 2.44. The van der Waals surface area contributed by atoms with Crippen LogP contribution in [0.1, 0.15) is 79.1 Å². The van der Waals surface area contributed by atoms with Crippen molar-refractivity contribution in [3.05, 3.63) is 58.5 Å². The first-order valence-corrected chi connectivity index (χ1v) is 13.2. The number of phenolic OH excluding ortho intramolecular Hbond substituents is 1. The summed E-state index contributed by atoms with van der Waals surface area (Å²) in [6.45, 7) is 8.20. The molecule has 33 heavy (non-hydrogen) atoms. The van der Waals surface area contributed by atoms with Crippen molar-refractivity contribution < 1.29 is 14.6 Å². The lowest BCUT2D eigenvalue weighted by molar-refractivity contribution is 0.103. The standard InChI is InChI=1S/C28H35NO3S/c1-3-29(4-2)17-8-18-32-23-14-11-20(12-15-23)27(31)26-24-16-13-22(30)19-25(24)33-28(26)21-9-6-5-7-10-21/h11-16,19,21,30H,3-10,17-18H2,1-2H3. The summed E-state index contributed by atoms with van der Waals surface area (Å²) in [4.78, 5) is 17.3. The van der Waals surface area contributed by atoms with E-state index < -0.39 is 0 Å². The molecule has 1 heterocycles. The van der Waals surface area contributed by atoms with Gasteiger partial charge in [-0.15, -0.1) is 11.3 Å². The van der Waals surface area contributed by atoms with Gasteiger partial charge >= 0.3 is 0 Å². The van der Waals surface area contributed by atoms with Crippen molar-refractivity contribution in [3.8, 4) is 11.5 Å². The molecule has 0 radical (unpaired) electrons. The third kappa shape index (κ3) is 5.59. The Morgan fingerprint density at radius 2 is 1.79 bits per heavy atom. The molecule has 5 heteroatoms. The second-order valence-corrected chi connectivity index (χ2v) is 10.0. The van der Waals surface area contributed by atoms with Crippen LogP contribution >= 0.6 is 11.3 Å². The molecule has 2 aromatic carbocycles. The second kappa shape index (κ2) is 11.2. The van der Waals surface area contributed by atoms with Crippen LogP contribution in [0.15, 0.2) is 42.5 Å². The van der Waals surface area contributed by atoms with Crippen LogP contribution in [0.3, 0.4) is 0 Å². The van der Waals surface area contributed by atoms with Crippen molar-refractivity contribution in [2.24, 2.45) is 0 Å². The van der Waals surface area contributed by atoms with E-state index in [1.807, 2.05) is 30.3 Å². The molecule has 1 aromatic heterocycles. The summed E-state index contributed by atoms with van der Waals surface area (Å²) in [7, 11) is 0. The minimum absolute atomic E-state index is 0.0700. The molecule has 4 rings (SSSR count). The molecule has 1 N–H and O–H groups in total. The molecular formula is C28H35NO3S. The minimum Gasteiger partial charge on any atom is -0.508 e. The number of ether oxygens (including phenoxy) is 1. The van der Waals surface area contributed by atoms with Crippen molar-refractivity contribution in [3.63, 3.8) is 0 Å². The summed E-state index contributed by atoms with van der Waals surface area (Å²) in [5.41, 5.74) is 1.52. The van der Waals surface area contributed by atoms with Gasteiger partial charge in [0, 0.05) is 32.6 Å². The van der Waals surface area contributed by atoms with Crippen LogP contribution in [-0.2, 0) is 0 Å². The van der Waals surface area contributed by atoms with Gasteiger partial charge in [-0.05, 0) is 80.7 Å². The summed E-state index contributed by atoms with van der Waals surface area (Å²) in [6.07, 6.45) is 6.98. The Bertz CT molecular complexity index is 1060. The number of fused-ring (bicyclic) bond motifs is 1. The number of ketones is 1. The molecule has 0 unspecified atom stereocenters. The van der Waals surface area contributed by atoms with Gasteiger partial charge in [0.05, 0.1) is 6.61 Å². The first-order valence-electron chi connectivity index (χ1n) is 12.4. The normalized spacial score (nSPS) is 14.8. The molecule has 0 bridgehead atoms. The Balaban J connectivity index is 1.52. The van der Waals surface area contributed by atoms with Gasteiger partial charge in [-0.25, -0.2) is 0 Å². The fourth-order valence-corrected chi connectivity index (χ4v) is 6.26. The molecule has 1 aliphatic rings. The summed E-state index contributed by atoms with van der Waals surface area (Å²) >= 11 is 1.68. The zero-order chi connectivity index (χ0) is 23.2. The third-order valence-corrected chi connectivity index (χ3v) is 8.12. The number of phenols is 1. The number of hydrogen-bond acceptors (Lipinski definition) is 5. The highest BCUT2D eigenvalue weighted by molar-refractivity contribution is 7.19. The Labute approximate surface area is 201 Å². The van der Waals surface area contributed by atoms with Gasteiger partial charge in [0.1, 0.15) is 11.5 Å². The number of rotatable bonds is 10. The van der Waals surface area contributed by atoms with E-state index in [4.69, 9.17) is 4.74 Å². The van der Waals surface area contributed by atoms with Crippen LogP contribution in [-0.4, -0.2) is 42.0 Å². The van der Waals surface area contributed by atoms with Crippen LogP contribution in [0.25, 0.3) is 10.1 Å². The lowest BCUT2D eigenvalue weighted by Crippen LogP contribution is -2.25. The number of carbonyl (C=O) groups excluding carboxylic acids is 1. The quantitative estimate of drug-likeness (QED) is 0.259. The summed E-state index contributed by atoms with van der Waals surface area (Å²) in [5, 5.41) is 10.9. The zero-order valence-corrected chi connectivity index (χ0v) is 20.6. The molecule has 0 amide bonds. The highest BCUT2D eigenvalue weighted by atomic mass is 32.1. The van der Waals surface area contributed by atoms with Gasteiger partial charge in [-0.3, -0.25) is 4.79 Å². The monoisotopic (exact) mass is 465 g/mol. The van der Waals surface area contributed by atoms with Crippen molar-refractivity contribution >= 4 is 27.2 Å². The SMILES string of the molecule is CCN(CC)CCCOc1ccc(C(=O)c2c(C3CCCCC3)sc3cc(O)ccc23)cc1. The average Bonchev–Trinajstić information content (AvgIpc) is 3.23. The van der Waals surface area contributed by atoms with E-state index >= 15 is 0 Å². The predicted molar refractivity (Wildman–Crippen MR) is 137 cm³/mol. The molecule has 1 aliphatic carbocycles. The molecular weight excluding hydrogens is 430 g/mol. The van der Waals surface area contributed by atoms with E-state index in [0.29, 0.717) is 18.1 Å². The largest absolute Gasteiger partial charge is 0.508 e. The van der Waals surface area contributed by atoms with Crippen molar-refractivity contribution in [1.29, 1.82) is 0 Å². The van der Waals surface area contributed by atoms with Crippen molar-refractivity contribution in [2.45, 2.75) is 58.3 Å². The van der Waals surface area contributed by atoms with Gasteiger partial charge in [-0.2, -0.15) is 0 Å². The molecule has 0 spiro atoms. The van der Waals surface area contributed by atoms with Gasteiger partial charge in [-0.1, -0.05) is 33.1 Å². The van der Waals surface area contributed by atoms with Gasteiger partial charge in [0.25, 0.3) is 0 Å². The van der Waals surface area contributed by atoms with E-state index in [0.717, 1.165) is 60.3 Å². The van der Waals surface area contributed by atoms with Crippen LogP contribution in [0, 0.1) is 0 Å². The van der Waals surface area contributed by atoms with E-state index in [2.05, 4.69) is 18.7 Å². The fourth-order valence-electron chi connectivity index (χ4n) is 4.86. The number of aromatic hydroxyl groups is 1. The highest BCUT2D eigenvalue weighted by Gasteiger charge is 2.27. The number of thiophene rings is 1. The van der Waals surface area contributed by atoms with Crippen LogP contribution in [0.4, 0.5) is 0 Å². The van der Waals surface area contributed by atoms with Crippen LogP contribution in [0.2, 0.25) is 0 Å². The number of nitrogens with zero attached hydrogens (tertiary/aromatic N) is 1. The first kappa shape index (κ1) is 23.8. The van der Waals surface area contributed by atoms with Crippen molar-refractivity contribution in [1.82, 2.24) is 4.90 Å². The average molecular weight is 466 g/mol. The Morgan fingerprint density at radius 1 is 1.06 bits per heavy atom. The maximum absolute atomic E-state index is 13.7. The van der Waals surface area contributed by atoms with Crippen molar-refractivity contribution in [2.75, 3.05) is 26.2 Å².